The SMILES string of the molecule is CCC(NS(=O)(=O)c1sc(=O)[nH]c1C)c1ccccc1. The van der Waals surface area contributed by atoms with E-state index < -0.39 is 10.0 Å². The van der Waals surface area contributed by atoms with Crippen molar-refractivity contribution in [3.63, 3.8) is 0 Å². The number of benzene rings is 1. The van der Waals surface area contributed by atoms with E-state index in [4.69, 9.17) is 0 Å². The average Bonchev–Trinajstić information content (AvgIpc) is 2.77. The summed E-state index contributed by atoms with van der Waals surface area (Å²) in [5, 5.41) is 0. The molecule has 0 amide bonds. The van der Waals surface area contributed by atoms with Crippen LogP contribution in [0.15, 0.2) is 39.3 Å². The van der Waals surface area contributed by atoms with Crippen molar-refractivity contribution in [1.82, 2.24) is 9.71 Å². The summed E-state index contributed by atoms with van der Waals surface area (Å²) in [6, 6.07) is 9.06. The highest BCUT2D eigenvalue weighted by Gasteiger charge is 2.24. The monoisotopic (exact) mass is 312 g/mol. The van der Waals surface area contributed by atoms with Gasteiger partial charge in [0, 0.05) is 11.7 Å². The molecule has 0 saturated carbocycles. The Labute approximate surface area is 121 Å². The van der Waals surface area contributed by atoms with Crippen molar-refractivity contribution < 1.29 is 8.42 Å². The first-order valence-corrected chi connectivity index (χ1v) is 8.51. The van der Waals surface area contributed by atoms with Gasteiger partial charge in [-0.05, 0) is 18.9 Å². The van der Waals surface area contributed by atoms with E-state index in [0.29, 0.717) is 23.5 Å². The molecule has 20 heavy (non-hydrogen) atoms. The molecule has 0 aliphatic carbocycles. The summed E-state index contributed by atoms with van der Waals surface area (Å²) in [4.78, 5) is 13.4. The summed E-state index contributed by atoms with van der Waals surface area (Å²) in [6.45, 7) is 3.49. The predicted molar refractivity (Wildman–Crippen MR) is 79.5 cm³/mol. The molecule has 0 radical (unpaired) electrons. The number of hydrogen-bond acceptors (Lipinski definition) is 4. The number of aryl methyl sites for hydroxylation is 1. The lowest BCUT2D eigenvalue weighted by molar-refractivity contribution is 0.551. The lowest BCUT2D eigenvalue weighted by Gasteiger charge is -2.17. The molecular weight excluding hydrogens is 296 g/mol. The second kappa shape index (κ2) is 5.90. The van der Waals surface area contributed by atoms with Gasteiger partial charge >= 0.3 is 4.87 Å². The number of sulfonamides is 1. The first-order valence-electron chi connectivity index (χ1n) is 6.21. The number of aromatic amines is 1. The first-order chi connectivity index (χ1) is 9.44. The molecule has 7 heteroatoms. The van der Waals surface area contributed by atoms with E-state index in [-0.39, 0.29) is 15.1 Å². The minimum atomic E-state index is -3.69. The maximum atomic E-state index is 12.3. The molecule has 1 aromatic heterocycles. The maximum Gasteiger partial charge on any atom is 0.305 e. The number of aromatic nitrogens is 1. The Kier molecular flexibility index (Phi) is 4.42. The standard InChI is InChI=1S/C13H16N2O3S2/c1-3-11(10-7-5-4-6-8-10)15-20(17,18)12-9(2)14-13(16)19-12/h4-8,11,15H,3H2,1-2H3,(H,14,16). The predicted octanol–water partition coefficient (Wildman–Crippen LogP) is 2.17. The molecule has 2 aromatic rings. The van der Waals surface area contributed by atoms with Crippen molar-refractivity contribution in [2.45, 2.75) is 30.5 Å². The molecule has 2 N–H and O–H groups in total. The van der Waals surface area contributed by atoms with Gasteiger partial charge in [-0.1, -0.05) is 48.6 Å². The zero-order valence-electron chi connectivity index (χ0n) is 11.2. The molecule has 5 nitrogen and oxygen atoms in total. The van der Waals surface area contributed by atoms with Gasteiger partial charge in [0.15, 0.2) is 4.21 Å². The Morgan fingerprint density at radius 3 is 2.45 bits per heavy atom. The Balaban J connectivity index is 2.32. The van der Waals surface area contributed by atoms with Gasteiger partial charge in [-0.2, -0.15) is 0 Å². The lowest BCUT2D eigenvalue weighted by Crippen LogP contribution is -2.28. The Bertz CT molecular complexity index is 732. The molecule has 0 aliphatic heterocycles. The summed E-state index contributed by atoms with van der Waals surface area (Å²) in [6.07, 6.45) is 0.627. The zero-order valence-corrected chi connectivity index (χ0v) is 12.8. The minimum Gasteiger partial charge on any atom is -0.315 e. The van der Waals surface area contributed by atoms with Crippen LogP contribution in [0.25, 0.3) is 0 Å². The van der Waals surface area contributed by atoms with E-state index in [1.807, 2.05) is 37.3 Å². The fourth-order valence-corrected chi connectivity index (χ4v) is 4.59. The summed E-state index contributed by atoms with van der Waals surface area (Å²) in [7, 11) is -3.69. The van der Waals surface area contributed by atoms with Crippen LogP contribution in [0.3, 0.4) is 0 Å². The van der Waals surface area contributed by atoms with Crippen LogP contribution in [0.5, 0.6) is 0 Å². The molecule has 1 heterocycles. The van der Waals surface area contributed by atoms with Crippen LogP contribution in [0.2, 0.25) is 0 Å². The summed E-state index contributed by atoms with van der Waals surface area (Å²) in [5.74, 6) is 0. The Morgan fingerprint density at radius 1 is 1.30 bits per heavy atom. The zero-order chi connectivity index (χ0) is 14.8. The largest absolute Gasteiger partial charge is 0.315 e. The van der Waals surface area contributed by atoms with E-state index >= 15 is 0 Å². The van der Waals surface area contributed by atoms with Crippen LogP contribution in [-0.2, 0) is 10.0 Å². The third-order valence-corrected chi connectivity index (χ3v) is 6.01. The van der Waals surface area contributed by atoms with E-state index in [1.165, 1.54) is 0 Å². The fourth-order valence-electron chi connectivity index (χ4n) is 1.96. The molecule has 108 valence electrons. The highest BCUT2D eigenvalue weighted by molar-refractivity contribution is 7.91. The normalized spacial score (nSPS) is 13.3. The number of thiazole rings is 1. The molecule has 1 unspecified atom stereocenters. The molecule has 0 spiro atoms. The van der Waals surface area contributed by atoms with Crippen molar-refractivity contribution in [2.75, 3.05) is 0 Å². The highest BCUT2D eigenvalue weighted by atomic mass is 32.2. The average molecular weight is 312 g/mol. The fraction of sp³-hybridized carbons (Fsp3) is 0.308. The third kappa shape index (κ3) is 3.17. The molecule has 0 fully saturated rings. The van der Waals surface area contributed by atoms with Crippen LogP contribution in [0, 0.1) is 6.92 Å². The van der Waals surface area contributed by atoms with Crippen LogP contribution in [0.4, 0.5) is 0 Å². The van der Waals surface area contributed by atoms with Gasteiger partial charge in [-0.15, -0.1) is 0 Å². The van der Waals surface area contributed by atoms with Crippen molar-refractivity contribution in [1.29, 1.82) is 0 Å². The first kappa shape index (κ1) is 15.0. The molecule has 2 rings (SSSR count). The summed E-state index contributed by atoms with van der Waals surface area (Å²) >= 11 is 0.707. The third-order valence-electron chi connectivity index (χ3n) is 2.93. The van der Waals surface area contributed by atoms with Crippen LogP contribution in [-0.4, -0.2) is 13.4 Å². The maximum absolute atomic E-state index is 12.3. The van der Waals surface area contributed by atoms with Gasteiger partial charge in [0.05, 0.1) is 0 Å². The molecule has 1 atom stereocenters. The Hall–Kier alpha value is -1.44. The van der Waals surface area contributed by atoms with Gasteiger partial charge in [0.1, 0.15) is 0 Å². The summed E-state index contributed by atoms with van der Waals surface area (Å²) < 4.78 is 27.4. The van der Waals surface area contributed by atoms with Crippen LogP contribution < -0.4 is 9.60 Å². The van der Waals surface area contributed by atoms with Crippen molar-refractivity contribution in [3.05, 3.63) is 51.3 Å². The van der Waals surface area contributed by atoms with Crippen molar-refractivity contribution >= 4 is 21.4 Å². The molecule has 1 aromatic carbocycles. The number of nitrogens with one attached hydrogen (secondary N) is 2. The Morgan fingerprint density at radius 2 is 1.95 bits per heavy atom. The van der Waals surface area contributed by atoms with Gasteiger partial charge in [-0.3, -0.25) is 4.79 Å². The van der Waals surface area contributed by atoms with E-state index in [1.54, 1.807) is 6.92 Å². The molecular formula is C13H16N2O3S2. The smallest absolute Gasteiger partial charge is 0.305 e. The number of hydrogen-bond donors (Lipinski definition) is 2. The van der Waals surface area contributed by atoms with Crippen LogP contribution in [0.1, 0.15) is 30.6 Å². The van der Waals surface area contributed by atoms with Crippen LogP contribution >= 0.6 is 11.3 Å². The van der Waals surface area contributed by atoms with Crippen molar-refractivity contribution in [2.24, 2.45) is 0 Å². The second-order valence-electron chi connectivity index (χ2n) is 4.42. The van der Waals surface area contributed by atoms with E-state index in [0.717, 1.165) is 5.56 Å². The molecule has 0 bridgehead atoms. The highest BCUT2D eigenvalue weighted by Crippen LogP contribution is 2.22. The molecule has 0 saturated heterocycles. The number of H-pyrrole nitrogens is 1. The minimum absolute atomic E-state index is 0.0527. The second-order valence-corrected chi connectivity index (χ2v) is 7.31. The molecule has 0 aliphatic rings. The number of rotatable bonds is 5. The topological polar surface area (TPSA) is 79.0 Å². The van der Waals surface area contributed by atoms with Gasteiger partial charge in [0.2, 0.25) is 0 Å². The summed E-state index contributed by atoms with van der Waals surface area (Å²) in [5.41, 5.74) is 1.27. The van der Waals surface area contributed by atoms with Gasteiger partial charge < -0.3 is 4.98 Å². The van der Waals surface area contributed by atoms with Gasteiger partial charge in [-0.25, -0.2) is 13.1 Å². The van der Waals surface area contributed by atoms with E-state index in [9.17, 15) is 13.2 Å². The van der Waals surface area contributed by atoms with Gasteiger partial charge in [0.25, 0.3) is 10.0 Å². The van der Waals surface area contributed by atoms with E-state index in [2.05, 4.69) is 9.71 Å². The quantitative estimate of drug-likeness (QED) is 0.888. The van der Waals surface area contributed by atoms with Crippen molar-refractivity contribution in [3.8, 4) is 0 Å². The lowest BCUT2D eigenvalue weighted by atomic mass is 10.1.